The summed E-state index contributed by atoms with van der Waals surface area (Å²) >= 11 is 3.47. The molecule has 20 heavy (non-hydrogen) atoms. The topological polar surface area (TPSA) is 44.5 Å². The number of halogens is 1. The van der Waals surface area contributed by atoms with Crippen molar-refractivity contribution < 1.29 is 9.47 Å². The minimum absolute atomic E-state index is 0.164. The Labute approximate surface area is 127 Å². The Morgan fingerprint density at radius 3 is 2.30 bits per heavy atom. The molecule has 0 aliphatic rings. The van der Waals surface area contributed by atoms with Crippen molar-refractivity contribution in [2.24, 2.45) is 5.73 Å². The molecule has 0 bridgehead atoms. The minimum atomic E-state index is 0.164. The van der Waals surface area contributed by atoms with E-state index < -0.39 is 0 Å². The molecule has 2 N–H and O–H groups in total. The Kier molecular flexibility index (Phi) is 5.04. The second kappa shape index (κ2) is 6.77. The van der Waals surface area contributed by atoms with Crippen molar-refractivity contribution in [1.29, 1.82) is 0 Å². The van der Waals surface area contributed by atoms with E-state index >= 15 is 0 Å². The highest BCUT2D eigenvalue weighted by Gasteiger charge is 2.05. The van der Waals surface area contributed by atoms with E-state index in [1.807, 2.05) is 49.4 Å². The van der Waals surface area contributed by atoms with Gasteiger partial charge in [0.2, 0.25) is 0 Å². The van der Waals surface area contributed by atoms with Crippen LogP contribution in [0.25, 0.3) is 0 Å². The quantitative estimate of drug-likeness (QED) is 0.892. The van der Waals surface area contributed by atoms with Crippen molar-refractivity contribution in [3.05, 3.63) is 52.5 Å². The molecule has 0 aliphatic carbocycles. The summed E-state index contributed by atoms with van der Waals surface area (Å²) in [6.45, 7) is 2.00. The fourth-order valence-corrected chi connectivity index (χ4v) is 2.32. The number of nitrogens with two attached hydrogens (primary N) is 1. The van der Waals surface area contributed by atoms with Gasteiger partial charge >= 0.3 is 0 Å². The third-order valence-electron chi connectivity index (χ3n) is 2.85. The first-order chi connectivity index (χ1) is 9.58. The third kappa shape index (κ3) is 3.99. The van der Waals surface area contributed by atoms with Gasteiger partial charge in [-0.05, 0) is 65.2 Å². The van der Waals surface area contributed by atoms with Crippen molar-refractivity contribution in [3.63, 3.8) is 0 Å². The number of methoxy groups -OCH3 is 1. The van der Waals surface area contributed by atoms with Crippen LogP contribution < -0.4 is 15.2 Å². The van der Waals surface area contributed by atoms with Gasteiger partial charge in [0, 0.05) is 6.04 Å². The molecule has 0 saturated carbocycles. The molecule has 0 radical (unpaired) electrons. The first-order valence-corrected chi connectivity index (χ1v) is 7.23. The molecule has 0 amide bonds. The number of hydrogen-bond acceptors (Lipinski definition) is 3. The SMILES string of the molecule is COc1ccc(Oc2ccc(CC(C)N)cc2)c(Br)c1. The summed E-state index contributed by atoms with van der Waals surface area (Å²) in [5, 5.41) is 0. The van der Waals surface area contributed by atoms with Crippen molar-refractivity contribution in [2.45, 2.75) is 19.4 Å². The fourth-order valence-electron chi connectivity index (χ4n) is 1.88. The summed E-state index contributed by atoms with van der Waals surface area (Å²) in [5.74, 6) is 2.34. The van der Waals surface area contributed by atoms with E-state index in [1.54, 1.807) is 7.11 Å². The summed E-state index contributed by atoms with van der Waals surface area (Å²) in [6.07, 6.45) is 0.868. The standard InChI is InChI=1S/C16H18BrNO2/c1-11(18)9-12-3-5-13(6-4-12)20-16-8-7-14(19-2)10-15(16)17/h3-8,10-11H,9,18H2,1-2H3. The maximum Gasteiger partial charge on any atom is 0.141 e. The van der Waals surface area contributed by atoms with Crippen molar-refractivity contribution in [3.8, 4) is 17.2 Å². The van der Waals surface area contributed by atoms with E-state index in [9.17, 15) is 0 Å². The summed E-state index contributed by atoms with van der Waals surface area (Å²) < 4.78 is 11.8. The highest BCUT2D eigenvalue weighted by Crippen LogP contribution is 2.32. The Hall–Kier alpha value is -1.52. The molecule has 1 atom stereocenters. The second-order valence-electron chi connectivity index (χ2n) is 4.72. The van der Waals surface area contributed by atoms with Gasteiger partial charge < -0.3 is 15.2 Å². The van der Waals surface area contributed by atoms with Gasteiger partial charge in [0.1, 0.15) is 17.2 Å². The smallest absolute Gasteiger partial charge is 0.141 e. The lowest BCUT2D eigenvalue weighted by atomic mass is 10.1. The van der Waals surface area contributed by atoms with Gasteiger partial charge in [-0.25, -0.2) is 0 Å². The highest BCUT2D eigenvalue weighted by atomic mass is 79.9. The second-order valence-corrected chi connectivity index (χ2v) is 5.58. The van der Waals surface area contributed by atoms with Crippen LogP contribution in [0.4, 0.5) is 0 Å². The van der Waals surface area contributed by atoms with Gasteiger partial charge in [-0.3, -0.25) is 0 Å². The maximum absolute atomic E-state index is 5.83. The predicted octanol–water partition coefficient (Wildman–Crippen LogP) is 4.14. The van der Waals surface area contributed by atoms with E-state index in [1.165, 1.54) is 5.56 Å². The van der Waals surface area contributed by atoms with Gasteiger partial charge in [-0.1, -0.05) is 12.1 Å². The molecular weight excluding hydrogens is 318 g/mol. The van der Waals surface area contributed by atoms with E-state index in [0.29, 0.717) is 0 Å². The summed E-state index contributed by atoms with van der Waals surface area (Å²) in [6, 6.07) is 13.8. The highest BCUT2D eigenvalue weighted by molar-refractivity contribution is 9.10. The molecule has 4 heteroatoms. The molecule has 0 spiro atoms. The van der Waals surface area contributed by atoms with Crippen LogP contribution in [0.3, 0.4) is 0 Å². The zero-order valence-corrected chi connectivity index (χ0v) is 13.2. The first kappa shape index (κ1) is 14.9. The van der Waals surface area contributed by atoms with Crippen molar-refractivity contribution >= 4 is 15.9 Å². The molecule has 0 aromatic heterocycles. The van der Waals surface area contributed by atoms with Gasteiger partial charge in [-0.15, -0.1) is 0 Å². The van der Waals surface area contributed by atoms with Crippen LogP contribution in [0.1, 0.15) is 12.5 Å². The van der Waals surface area contributed by atoms with E-state index in [0.717, 1.165) is 28.1 Å². The lowest BCUT2D eigenvalue weighted by Crippen LogP contribution is -2.17. The Morgan fingerprint density at radius 2 is 1.75 bits per heavy atom. The average molecular weight is 336 g/mol. The fraction of sp³-hybridized carbons (Fsp3) is 0.250. The number of rotatable bonds is 5. The molecule has 0 fully saturated rings. The largest absolute Gasteiger partial charge is 0.497 e. The number of ether oxygens (including phenoxy) is 2. The minimum Gasteiger partial charge on any atom is -0.497 e. The molecule has 106 valence electrons. The Balaban J connectivity index is 2.10. The van der Waals surface area contributed by atoms with Crippen LogP contribution in [0.2, 0.25) is 0 Å². The normalized spacial score (nSPS) is 12.0. The lowest BCUT2D eigenvalue weighted by molar-refractivity contribution is 0.412. The number of benzene rings is 2. The molecule has 1 unspecified atom stereocenters. The van der Waals surface area contributed by atoms with Crippen LogP contribution in [0.5, 0.6) is 17.2 Å². The van der Waals surface area contributed by atoms with Crippen LogP contribution in [0, 0.1) is 0 Å². The average Bonchev–Trinajstić information content (AvgIpc) is 2.42. The Morgan fingerprint density at radius 1 is 1.10 bits per heavy atom. The Bertz CT molecular complexity index is 567. The van der Waals surface area contributed by atoms with Gasteiger partial charge in [-0.2, -0.15) is 0 Å². The van der Waals surface area contributed by atoms with Crippen LogP contribution >= 0.6 is 15.9 Å². The van der Waals surface area contributed by atoms with Crippen LogP contribution in [-0.2, 0) is 6.42 Å². The predicted molar refractivity (Wildman–Crippen MR) is 84.6 cm³/mol. The molecule has 2 aromatic carbocycles. The molecule has 3 nitrogen and oxygen atoms in total. The maximum atomic E-state index is 5.83. The summed E-state index contributed by atoms with van der Waals surface area (Å²) in [4.78, 5) is 0. The molecular formula is C16H18BrNO2. The molecule has 0 aliphatic heterocycles. The van der Waals surface area contributed by atoms with Crippen LogP contribution in [-0.4, -0.2) is 13.2 Å². The van der Waals surface area contributed by atoms with Crippen molar-refractivity contribution in [2.75, 3.05) is 7.11 Å². The molecule has 2 rings (SSSR count). The van der Waals surface area contributed by atoms with E-state index in [4.69, 9.17) is 15.2 Å². The van der Waals surface area contributed by atoms with Gasteiger partial charge in [0.15, 0.2) is 0 Å². The zero-order valence-electron chi connectivity index (χ0n) is 11.6. The van der Waals surface area contributed by atoms with Crippen molar-refractivity contribution in [1.82, 2.24) is 0 Å². The summed E-state index contributed by atoms with van der Waals surface area (Å²) in [5.41, 5.74) is 6.99. The molecule has 0 heterocycles. The van der Waals surface area contributed by atoms with Crippen LogP contribution in [0.15, 0.2) is 46.9 Å². The van der Waals surface area contributed by atoms with E-state index in [2.05, 4.69) is 15.9 Å². The molecule has 0 saturated heterocycles. The zero-order chi connectivity index (χ0) is 14.5. The number of hydrogen-bond donors (Lipinski definition) is 1. The lowest BCUT2D eigenvalue weighted by Gasteiger charge is -2.10. The summed E-state index contributed by atoms with van der Waals surface area (Å²) in [7, 11) is 1.64. The molecule has 2 aromatic rings. The first-order valence-electron chi connectivity index (χ1n) is 6.44. The van der Waals surface area contributed by atoms with Gasteiger partial charge in [0.25, 0.3) is 0 Å². The third-order valence-corrected chi connectivity index (χ3v) is 3.47. The monoisotopic (exact) mass is 335 g/mol. The van der Waals surface area contributed by atoms with E-state index in [-0.39, 0.29) is 6.04 Å². The van der Waals surface area contributed by atoms with Gasteiger partial charge in [0.05, 0.1) is 11.6 Å².